The van der Waals surface area contributed by atoms with E-state index in [4.69, 9.17) is 5.73 Å². The van der Waals surface area contributed by atoms with Crippen LogP contribution in [-0.2, 0) is 0 Å². The maximum atomic E-state index is 13.2. The van der Waals surface area contributed by atoms with Gasteiger partial charge < -0.3 is 10.8 Å². The highest BCUT2D eigenvalue weighted by Crippen LogP contribution is 2.31. The first-order valence-electron chi connectivity index (χ1n) is 6.60. The lowest BCUT2D eigenvalue weighted by atomic mass is 10.0. The van der Waals surface area contributed by atoms with E-state index in [0.29, 0.717) is 13.0 Å². The maximum absolute atomic E-state index is 13.2. The number of aliphatic hydroxyl groups is 1. The molecule has 0 aliphatic carbocycles. The molecule has 3 nitrogen and oxygen atoms in total. The lowest BCUT2D eigenvalue weighted by Crippen LogP contribution is -2.59. The molecular weight excluding hydrogens is 245 g/mol. The van der Waals surface area contributed by atoms with Crippen LogP contribution in [0.4, 0.5) is 13.2 Å². The zero-order valence-electron chi connectivity index (χ0n) is 10.8. The van der Waals surface area contributed by atoms with Crippen LogP contribution in [0.3, 0.4) is 0 Å². The van der Waals surface area contributed by atoms with Crippen LogP contribution >= 0.6 is 0 Å². The molecule has 1 rings (SSSR count). The van der Waals surface area contributed by atoms with E-state index in [9.17, 15) is 18.3 Å². The van der Waals surface area contributed by atoms with E-state index < -0.39 is 24.3 Å². The Kier molecular flexibility index (Phi) is 5.88. The standard InChI is InChI=1S/C12H23F3N2O/c1-2-10(16)11(12(13,14)15)17-7-5-3-4-6-9(17)8-18/h9-11,18H,2-8,16H2,1H3. The summed E-state index contributed by atoms with van der Waals surface area (Å²) in [4.78, 5) is 1.38. The summed E-state index contributed by atoms with van der Waals surface area (Å²) in [7, 11) is 0. The zero-order valence-corrected chi connectivity index (χ0v) is 10.8. The summed E-state index contributed by atoms with van der Waals surface area (Å²) in [5.74, 6) is 0. The van der Waals surface area contributed by atoms with Crippen molar-refractivity contribution in [2.45, 2.75) is 63.3 Å². The van der Waals surface area contributed by atoms with Gasteiger partial charge in [-0.05, 0) is 25.8 Å². The van der Waals surface area contributed by atoms with Crippen LogP contribution in [0.25, 0.3) is 0 Å². The summed E-state index contributed by atoms with van der Waals surface area (Å²) in [5.41, 5.74) is 5.66. The largest absolute Gasteiger partial charge is 0.405 e. The molecule has 0 radical (unpaired) electrons. The Morgan fingerprint density at radius 3 is 2.50 bits per heavy atom. The minimum absolute atomic E-state index is 0.233. The summed E-state index contributed by atoms with van der Waals surface area (Å²) >= 11 is 0. The fourth-order valence-corrected chi connectivity index (χ4v) is 2.66. The summed E-state index contributed by atoms with van der Waals surface area (Å²) < 4.78 is 39.5. The second-order valence-corrected chi connectivity index (χ2v) is 4.98. The van der Waals surface area contributed by atoms with E-state index in [1.165, 1.54) is 4.90 Å². The van der Waals surface area contributed by atoms with E-state index >= 15 is 0 Å². The van der Waals surface area contributed by atoms with Gasteiger partial charge in [0.1, 0.15) is 6.04 Å². The average molecular weight is 268 g/mol. The van der Waals surface area contributed by atoms with Gasteiger partial charge in [-0.15, -0.1) is 0 Å². The topological polar surface area (TPSA) is 49.5 Å². The van der Waals surface area contributed by atoms with E-state index in [-0.39, 0.29) is 13.0 Å². The fraction of sp³-hybridized carbons (Fsp3) is 1.00. The SMILES string of the molecule is CCC(N)C(N1CCCCCC1CO)C(F)(F)F. The van der Waals surface area contributed by atoms with Gasteiger partial charge in [0.2, 0.25) is 0 Å². The van der Waals surface area contributed by atoms with Crippen LogP contribution in [0.2, 0.25) is 0 Å². The number of nitrogens with zero attached hydrogens (tertiary/aromatic N) is 1. The molecule has 18 heavy (non-hydrogen) atoms. The third-order valence-corrected chi connectivity index (χ3v) is 3.70. The number of hydrogen-bond donors (Lipinski definition) is 2. The predicted molar refractivity (Wildman–Crippen MR) is 64.2 cm³/mol. The highest BCUT2D eigenvalue weighted by atomic mass is 19.4. The van der Waals surface area contributed by atoms with Gasteiger partial charge in [0.15, 0.2) is 0 Å². The first-order valence-corrected chi connectivity index (χ1v) is 6.60. The average Bonchev–Trinajstić information content (AvgIpc) is 2.52. The molecular formula is C12H23F3N2O. The van der Waals surface area contributed by atoms with E-state index in [1.54, 1.807) is 6.92 Å². The van der Waals surface area contributed by atoms with Crippen LogP contribution in [0.1, 0.15) is 39.0 Å². The van der Waals surface area contributed by atoms with Crippen molar-refractivity contribution in [3.8, 4) is 0 Å². The van der Waals surface area contributed by atoms with Crippen LogP contribution in [-0.4, -0.2) is 47.5 Å². The molecule has 0 aromatic rings. The summed E-state index contributed by atoms with van der Waals surface area (Å²) in [6, 6.07) is -2.99. The molecule has 1 fully saturated rings. The van der Waals surface area contributed by atoms with Crippen molar-refractivity contribution < 1.29 is 18.3 Å². The van der Waals surface area contributed by atoms with Gasteiger partial charge in [0, 0.05) is 12.1 Å². The Morgan fingerprint density at radius 2 is 2.00 bits per heavy atom. The van der Waals surface area contributed by atoms with Crippen molar-refractivity contribution in [1.29, 1.82) is 0 Å². The normalized spacial score (nSPS) is 26.7. The molecule has 1 aliphatic heterocycles. The van der Waals surface area contributed by atoms with Crippen LogP contribution in [0.5, 0.6) is 0 Å². The van der Waals surface area contributed by atoms with Crippen LogP contribution < -0.4 is 5.73 Å². The van der Waals surface area contributed by atoms with Crippen LogP contribution in [0, 0.1) is 0 Å². The van der Waals surface area contributed by atoms with E-state index in [1.807, 2.05) is 0 Å². The van der Waals surface area contributed by atoms with Crippen molar-refractivity contribution in [1.82, 2.24) is 4.90 Å². The van der Waals surface area contributed by atoms with Crippen molar-refractivity contribution in [3.63, 3.8) is 0 Å². The van der Waals surface area contributed by atoms with Gasteiger partial charge in [0.25, 0.3) is 0 Å². The highest BCUT2D eigenvalue weighted by Gasteiger charge is 2.48. The molecule has 3 N–H and O–H groups in total. The van der Waals surface area contributed by atoms with Crippen LogP contribution in [0.15, 0.2) is 0 Å². The second-order valence-electron chi connectivity index (χ2n) is 4.98. The monoisotopic (exact) mass is 268 g/mol. The van der Waals surface area contributed by atoms with E-state index in [2.05, 4.69) is 0 Å². The number of rotatable bonds is 4. The molecule has 1 aliphatic rings. The van der Waals surface area contributed by atoms with Gasteiger partial charge in [-0.25, -0.2) is 0 Å². The Bertz CT molecular complexity index is 248. The number of halogens is 3. The zero-order chi connectivity index (χ0) is 13.8. The summed E-state index contributed by atoms with van der Waals surface area (Å²) in [6.45, 7) is 1.79. The highest BCUT2D eigenvalue weighted by molar-refractivity contribution is 4.91. The number of likely N-dealkylation sites (tertiary alicyclic amines) is 1. The number of hydrogen-bond acceptors (Lipinski definition) is 3. The molecule has 3 unspecified atom stereocenters. The summed E-state index contributed by atoms with van der Waals surface area (Å²) in [5, 5.41) is 9.31. The van der Waals surface area contributed by atoms with Crippen molar-refractivity contribution in [3.05, 3.63) is 0 Å². The Hall–Kier alpha value is -0.330. The number of alkyl halides is 3. The number of nitrogens with two attached hydrogens (primary N) is 1. The minimum atomic E-state index is -4.34. The minimum Gasteiger partial charge on any atom is -0.395 e. The molecule has 1 heterocycles. The molecule has 0 spiro atoms. The number of aliphatic hydroxyl groups excluding tert-OH is 1. The smallest absolute Gasteiger partial charge is 0.395 e. The van der Waals surface area contributed by atoms with Gasteiger partial charge in [-0.2, -0.15) is 13.2 Å². The quantitative estimate of drug-likeness (QED) is 0.818. The Labute approximate surface area is 106 Å². The summed E-state index contributed by atoms with van der Waals surface area (Å²) in [6.07, 6.45) is -0.933. The maximum Gasteiger partial charge on any atom is 0.405 e. The lowest BCUT2D eigenvalue weighted by Gasteiger charge is -2.39. The molecule has 0 amide bonds. The third kappa shape index (κ3) is 3.83. The van der Waals surface area contributed by atoms with Gasteiger partial charge in [-0.1, -0.05) is 19.8 Å². The molecule has 3 atom stereocenters. The molecule has 0 bridgehead atoms. The third-order valence-electron chi connectivity index (χ3n) is 3.70. The first kappa shape index (κ1) is 15.7. The van der Waals surface area contributed by atoms with E-state index in [0.717, 1.165) is 19.3 Å². The van der Waals surface area contributed by atoms with Crippen molar-refractivity contribution in [2.75, 3.05) is 13.2 Å². The predicted octanol–water partition coefficient (Wildman–Crippen LogP) is 1.89. The Balaban J connectivity index is 2.93. The van der Waals surface area contributed by atoms with Gasteiger partial charge in [-0.3, -0.25) is 4.90 Å². The molecule has 6 heteroatoms. The Morgan fingerprint density at radius 1 is 1.33 bits per heavy atom. The van der Waals surface area contributed by atoms with Gasteiger partial charge in [0.05, 0.1) is 6.61 Å². The fourth-order valence-electron chi connectivity index (χ4n) is 2.66. The van der Waals surface area contributed by atoms with Gasteiger partial charge >= 0.3 is 6.18 Å². The lowest BCUT2D eigenvalue weighted by molar-refractivity contribution is -0.197. The molecule has 1 saturated heterocycles. The van der Waals surface area contributed by atoms with Crippen molar-refractivity contribution in [2.24, 2.45) is 5.73 Å². The molecule has 0 aromatic heterocycles. The second kappa shape index (κ2) is 6.73. The molecule has 0 aromatic carbocycles. The van der Waals surface area contributed by atoms with Crippen molar-refractivity contribution >= 4 is 0 Å². The molecule has 0 saturated carbocycles. The first-order chi connectivity index (χ1) is 8.41. The molecule has 108 valence electrons.